The van der Waals surface area contributed by atoms with Gasteiger partial charge in [0.15, 0.2) is 6.10 Å². The van der Waals surface area contributed by atoms with Gasteiger partial charge in [0.2, 0.25) is 0 Å². The van der Waals surface area contributed by atoms with Crippen LogP contribution in [-0.4, -0.2) is 75.5 Å². The molecule has 56 heavy (non-hydrogen) atoms. The van der Waals surface area contributed by atoms with E-state index in [1.54, 1.807) is 21.1 Å². The number of unbranched alkanes of at least 4 members (excludes halogenated alkanes) is 21. The lowest BCUT2D eigenvalue weighted by Gasteiger charge is -2.34. The second kappa shape index (κ2) is 39.4. The van der Waals surface area contributed by atoms with Crippen LogP contribution in [0.2, 0.25) is 0 Å². The first kappa shape index (κ1) is 53.6. The number of esters is 2. The molecule has 0 aromatic heterocycles. The Morgan fingerprint density at radius 2 is 0.964 bits per heavy atom. The largest absolute Gasteiger partial charge is 0.544 e. The van der Waals surface area contributed by atoms with Crippen molar-refractivity contribution >= 4 is 17.9 Å². The van der Waals surface area contributed by atoms with Gasteiger partial charge in [-0.3, -0.25) is 9.59 Å². The Morgan fingerprint density at radius 1 is 0.536 bits per heavy atom. The minimum Gasteiger partial charge on any atom is -0.544 e. The van der Waals surface area contributed by atoms with Gasteiger partial charge in [-0.25, -0.2) is 0 Å². The Balaban J connectivity index is 4.40. The van der Waals surface area contributed by atoms with Crippen molar-refractivity contribution < 1.29 is 38.2 Å². The smallest absolute Gasteiger partial charge is 0.306 e. The zero-order chi connectivity index (χ0) is 41.4. The summed E-state index contributed by atoms with van der Waals surface area (Å²) in [6.07, 6.45) is 44.6. The van der Waals surface area contributed by atoms with Crippen molar-refractivity contribution in [1.29, 1.82) is 0 Å². The van der Waals surface area contributed by atoms with E-state index in [1.807, 2.05) is 0 Å². The summed E-state index contributed by atoms with van der Waals surface area (Å²) in [7, 11) is 5.39. The molecule has 0 saturated carbocycles. The lowest BCUT2D eigenvalue weighted by atomic mass is 10.0. The van der Waals surface area contributed by atoms with Crippen LogP contribution in [-0.2, 0) is 28.6 Å². The van der Waals surface area contributed by atoms with Crippen LogP contribution >= 0.6 is 0 Å². The van der Waals surface area contributed by atoms with Crippen molar-refractivity contribution in [2.24, 2.45) is 0 Å². The summed E-state index contributed by atoms with van der Waals surface area (Å²) in [5.74, 6) is -1.80. The molecule has 0 heterocycles. The maximum atomic E-state index is 12.7. The number of carboxylic acid groups (broad SMARTS) is 1. The van der Waals surface area contributed by atoms with Gasteiger partial charge in [-0.05, 0) is 44.9 Å². The highest BCUT2D eigenvalue weighted by Gasteiger charge is 2.25. The van der Waals surface area contributed by atoms with Crippen LogP contribution in [0.15, 0.2) is 36.5 Å². The number of rotatable bonds is 41. The van der Waals surface area contributed by atoms with Gasteiger partial charge < -0.3 is 28.6 Å². The first-order chi connectivity index (χ1) is 27.1. The Hall–Kier alpha value is -2.45. The number of nitrogens with zero attached hydrogens (tertiary/aromatic N) is 1. The third-order valence-corrected chi connectivity index (χ3v) is 10.3. The molecule has 8 nitrogen and oxygen atoms in total. The number of carboxylic acids is 1. The van der Waals surface area contributed by atoms with Gasteiger partial charge >= 0.3 is 11.9 Å². The van der Waals surface area contributed by atoms with Crippen LogP contribution in [0.5, 0.6) is 0 Å². The van der Waals surface area contributed by atoms with Crippen molar-refractivity contribution in [2.45, 2.75) is 212 Å². The highest BCUT2D eigenvalue weighted by Crippen LogP contribution is 2.15. The van der Waals surface area contributed by atoms with Crippen molar-refractivity contribution in [1.82, 2.24) is 0 Å². The summed E-state index contributed by atoms with van der Waals surface area (Å²) in [6.45, 7) is 4.61. The fourth-order valence-corrected chi connectivity index (χ4v) is 6.68. The van der Waals surface area contributed by atoms with Crippen molar-refractivity contribution in [3.63, 3.8) is 0 Å². The number of ether oxygens (including phenoxy) is 3. The molecule has 0 rings (SSSR count). The quantitative estimate of drug-likeness (QED) is 0.0263. The first-order valence-corrected chi connectivity index (χ1v) is 23.0. The molecule has 0 spiro atoms. The minimum absolute atomic E-state index is 0.0232. The van der Waals surface area contributed by atoms with E-state index in [4.69, 9.17) is 14.2 Å². The summed E-state index contributed by atoms with van der Waals surface area (Å²) in [4.78, 5) is 36.8. The van der Waals surface area contributed by atoms with Crippen LogP contribution in [0.3, 0.4) is 0 Å². The zero-order valence-corrected chi connectivity index (χ0v) is 37.1. The molecule has 326 valence electrons. The molecule has 2 unspecified atom stereocenters. The number of hydrogen-bond donors (Lipinski definition) is 0. The fourth-order valence-electron chi connectivity index (χ4n) is 6.68. The molecular weight excluding hydrogens is 703 g/mol. The van der Waals surface area contributed by atoms with Gasteiger partial charge in [-0.15, -0.1) is 0 Å². The summed E-state index contributed by atoms with van der Waals surface area (Å²) >= 11 is 0. The predicted octanol–water partition coefficient (Wildman–Crippen LogP) is 11.3. The zero-order valence-electron chi connectivity index (χ0n) is 37.1. The monoisotopic (exact) mass is 790 g/mol. The van der Waals surface area contributed by atoms with Gasteiger partial charge in [0, 0.05) is 19.3 Å². The highest BCUT2D eigenvalue weighted by molar-refractivity contribution is 5.70. The van der Waals surface area contributed by atoms with Gasteiger partial charge in [0.25, 0.3) is 0 Å². The number of hydrogen-bond acceptors (Lipinski definition) is 7. The Labute approximate surface area is 344 Å². The van der Waals surface area contributed by atoms with Crippen LogP contribution in [0.25, 0.3) is 0 Å². The number of carbonyl (C=O) groups is 3. The maximum Gasteiger partial charge on any atom is 0.306 e. The van der Waals surface area contributed by atoms with E-state index >= 15 is 0 Å². The predicted molar refractivity (Wildman–Crippen MR) is 231 cm³/mol. The van der Waals surface area contributed by atoms with Crippen LogP contribution in [0.1, 0.15) is 200 Å². The minimum atomic E-state index is -1.13. The molecule has 0 fully saturated rings. The third kappa shape index (κ3) is 37.1. The van der Waals surface area contributed by atoms with Crippen molar-refractivity contribution in [2.75, 3.05) is 41.0 Å². The molecule has 0 aliphatic rings. The summed E-state index contributed by atoms with van der Waals surface area (Å²) in [5, 5.41) is 11.6. The lowest BCUT2D eigenvalue weighted by Crippen LogP contribution is -2.55. The molecule has 0 amide bonds. The average Bonchev–Trinajstić information content (AvgIpc) is 3.15. The van der Waals surface area contributed by atoms with E-state index in [9.17, 15) is 19.5 Å². The number of allylic oxidation sites excluding steroid dienone is 6. The molecule has 2 atom stereocenters. The Morgan fingerprint density at radius 3 is 1.45 bits per heavy atom. The molecule has 0 bridgehead atoms. The van der Waals surface area contributed by atoms with Crippen LogP contribution in [0, 0.1) is 0 Å². The normalized spacial score (nSPS) is 13.2. The van der Waals surface area contributed by atoms with E-state index in [-0.39, 0.29) is 49.1 Å². The number of likely N-dealkylation sites (N-methyl/N-ethyl adjacent to an activating group) is 1. The summed E-state index contributed by atoms with van der Waals surface area (Å²) < 4.78 is 17.1. The number of quaternary nitrogens is 1. The van der Waals surface area contributed by atoms with Crippen LogP contribution < -0.4 is 5.11 Å². The van der Waals surface area contributed by atoms with E-state index in [1.165, 1.54) is 122 Å². The number of aliphatic carboxylic acids is 1. The highest BCUT2D eigenvalue weighted by atomic mass is 16.6. The number of carbonyl (C=O) groups excluding carboxylic acids is 3. The Bertz CT molecular complexity index is 1020. The third-order valence-electron chi connectivity index (χ3n) is 10.3. The molecule has 0 saturated heterocycles. The van der Waals surface area contributed by atoms with Crippen LogP contribution in [0.4, 0.5) is 0 Å². The molecule has 0 aliphatic carbocycles. The molecule has 0 aliphatic heterocycles. The summed E-state index contributed by atoms with van der Waals surface area (Å²) in [6, 6.07) is -0.733. The average molecular weight is 790 g/mol. The van der Waals surface area contributed by atoms with E-state index in [2.05, 4.69) is 50.3 Å². The van der Waals surface area contributed by atoms with Gasteiger partial charge in [-0.1, -0.05) is 172 Å². The molecule has 0 aromatic rings. The molecule has 0 radical (unpaired) electrons. The summed E-state index contributed by atoms with van der Waals surface area (Å²) in [5.41, 5.74) is 0. The van der Waals surface area contributed by atoms with Gasteiger partial charge in [-0.2, -0.15) is 0 Å². The molecule has 0 aromatic carbocycles. The van der Waals surface area contributed by atoms with Gasteiger partial charge in [0.1, 0.15) is 12.6 Å². The topological polar surface area (TPSA) is 102 Å². The first-order valence-electron chi connectivity index (χ1n) is 23.0. The SMILES string of the molecule is CCCCCCCC/C=C/C/C=C/C/C=C/CCCC(=O)OC(COCCC(C(=O)[O-])[N+](C)(C)C)COC(=O)CCCCCCCCCCCCCCCCC. The standard InChI is InChI=1S/C48H87NO7/c1-6-8-10-12-14-16-18-20-22-23-25-27-29-31-33-35-37-39-47(51)56-44(42-54-41-40-45(48(52)53)49(3,4)5)43-55-46(50)38-36-34-32-30-28-26-24-21-19-17-15-13-11-9-7-2/h20,22,25,27,31,33,44-45H,6-19,21,23-24,26,28-30,32,34-43H2,1-5H3/b22-20+,27-25+,33-31+. The second-order valence-corrected chi connectivity index (χ2v) is 16.6. The van der Waals surface area contributed by atoms with Crippen molar-refractivity contribution in [3.05, 3.63) is 36.5 Å². The van der Waals surface area contributed by atoms with Gasteiger partial charge in [0.05, 0.1) is 40.3 Å². The Kier molecular flexibility index (Phi) is 37.7. The fraction of sp³-hybridized carbons (Fsp3) is 0.812. The lowest BCUT2D eigenvalue weighted by molar-refractivity contribution is -0.889. The van der Waals surface area contributed by atoms with Crippen molar-refractivity contribution in [3.8, 4) is 0 Å². The van der Waals surface area contributed by atoms with E-state index in [0.717, 1.165) is 38.5 Å². The van der Waals surface area contributed by atoms with E-state index in [0.29, 0.717) is 12.8 Å². The molecule has 8 heteroatoms. The van der Waals surface area contributed by atoms with E-state index < -0.39 is 18.1 Å². The maximum absolute atomic E-state index is 12.7. The second-order valence-electron chi connectivity index (χ2n) is 16.6. The molecule has 0 N–H and O–H groups in total. The molecular formula is C48H87NO7.